The molecule has 2 aromatic carbocycles. The van der Waals surface area contributed by atoms with Crippen LogP contribution >= 0.6 is 0 Å². The molecule has 3 rings (SSSR count). The Morgan fingerprint density at radius 2 is 1.27 bits per heavy atom. The van der Waals surface area contributed by atoms with Gasteiger partial charge in [0.1, 0.15) is 17.2 Å². The van der Waals surface area contributed by atoms with E-state index < -0.39 is 0 Å². The summed E-state index contributed by atoms with van der Waals surface area (Å²) in [6.45, 7) is 5.55. The first-order valence-electron chi connectivity index (χ1n) is 12.9. The van der Waals surface area contributed by atoms with E-state index in [-0.39, 0.29) is 5.97 Å². The van der Waals surface area contributed by atoms with Crippen LogP contribution in [0, 0.1) is 11.8 Å². The summed E-state index contributed by atoms with van der Waals surface area (Å²) in [5.41, 5.74) is 0.494. The maximum absolute atomic E-state index is 12.3. The zero-order chi connectivity index (χ0) is 23.3. The van der Waals surface area contributed by atoms with E-state index in [1.807, 2.05) is 19.1 Å². The molecule has 2 aromatic rings. The molecule has 0 unspecified atom stereocenters. The van der Waals surface area contributed by atoms with E-state index in [0.29, 0.717) is 17.9 Å². The second-order valence-corrected chi connectivity index (χ2v) is 9.19. The second kappa shape index (κ2) is 13.9. The minimum Gasteiger partial charge on any atom is -0.494 e. The fourth-order valence-electron chi connectivity index (χ4n) is 4.68. The quantitative estimate of drug-likeness (QED) is 0.176. The van der Waals surface area contributed by atoms with Crippen molar-refractivity contribution in [1.82, 2.24) is 0 Å². The molecule has 1 aliphatic carbocycles. The predicted octanol–water partition coefficient (Wildman–Crippen LogP) is 7.85. The number of esters is 1. The van der Waals surface area contributed by atoms with Gasteiger partial charge >= 0.3 is 5.97 Å². The van der Waals surface area contributed by atoms with E-state index >= 15 is 0 Å². The largest absolute Gasteiger partial charge is 0.494 e. The van der Waals surface area contributed by atoms with Crippen molar-refractivity contribution in [3.05, 3.63) is 54.1 Å². The van der Waals surface area contributed by atoms with Gasteiger partial charge in [-0.2, -0.15) is 0 Å². The molecule has 33 heavy (non-hydrogen) atoms. The number of carbonyl (C=O) groups excluding carboxylic acids is 1. The average molecular weight is 453 g/mol. The van der Waals surface area contributed by atoms with Crippen LogP contribution in [0.5, 0.6) is 17.2 Å². The van der Waals surface area contributed by atoms with E-state index in [0.717, 1.165) is 36.4 Å². The SMILES string of the molecule is CCCCCC1CCC(CCCOc2ccc(OC(=O)c3ccc(OCC)cc3)cc2)CC1. The first-order valence-corrected chi connectivity index (χ1v) is 12.9. The van der Waals surface area contributed by atoms with Crippen molar-refractivity contribution in [2.24, 2.45) is 11.8 Å². The Morgan fingerprint density at radius 3 is 1.88 bits per heavy atom. The zero-order valence-electron chi connectivity index (χ0n) is 20.4. The van der Waals surface area contributed by atoms with E-state index in [4.69, 9.17) is 14.2 Å². The van der Waals surface area contributed by atoms with Gasteiger partial charge < -0.3 is 14.2 Å². The van der Waals surface area contributed by atoms with Crippen molar-refractivity contribution < 1.29 is 19.0 Å². The van der Waals surface area contributed by atoms with Crippen molar-refractivity contribution in [1.29, 1.82) is 0 Å². The number of unbranched alkanes of at least 4 members (excludes halogenated alkanes) is 2. The molecule has 0 atom stereocenters. The molecule has 0 heterocycles. The van der Waals surface area contributed by atoms with Gasteiger partial charge in [0.15, 0.2) is 0 Å². The molecular weight excluding hydrogens is 412 g/mol. The molecule has 180 valence electrons. The van der Waals surface area contributed by atoms with Gasteiger partial charge in [-0.15, -0.1) is 0 Å². The molecule has 1 saturated carbocycles. The summed E-state index contributed by atoms with van der Waals surface area (Å²) in [6, 6.07) is 14.3. The Kier molecular flexibility index (Phi) is 10.6. The first-order chi connectivity index (χ1) is 16.2. The van der Waals surface area contributed by atoms with Crippen LogP contribution in [0.4, 0.5) is 0 Å². The summed E-state index contributed by atoms with van der Waals surface area (Å²) >= 11 is 0. The van der Waals surface area contributed by atoms with Crippen molar-refractivity contribution in [3.8, 4) is 17.2 Å². The molecule has 0 spiro atoms. The van der Waals surface area contributed by atoms with Gasteiger partial charge in [-0.3, -0.25) is 0 Å². The highest BCUT2D eigenvalue weighted by Gasteiger charge is 2.20. The van der Waals surface area contributed by atoms with Crippen molar-refractivity contribution in [2.75, 3.05) is 13.2 Å². The normalized spacial score (nSPS) is 18.0. The lowest BCUT2D eigenvalue weighted by Gasteiger charge is -2.28. The Bertz CT molecular complexity index is 805. The molecular formula is C29H40O4. The Labute approximate surface area is 199 Å². The van der Waals surface area contributed by atoms with Crippen LogP contribution in [-0.4, -0.2) is 19.2 Å². The van der Waals surface area contributed by atoms with E-state index in [1.54, 1.807) is 36.4 Å². The van der Waals surface area contributed by atoms with Crippen molar-refractivity contribution in [2.45, 2.75) is 78.1 Å². The lowest BCUT2D eigenvalue weighted by Crippen LogP contribution is -2.15. The average Bonchev–Trinajstić information content (AvgIpc) is 2.84. The minimum atomic E-state index is -0.383. The molecule has 0 amide bonds. The molecule has 1 aliphatic rings. The van der Waals surface area contributed by atoms with Crippen molar-refractivity contribution >= 4 is 5.97 Å². The van der Waals surface area contributed by atoms with Gasteiger partial charge in [0.2, 0.25) is 0 Å². The van der Waals surface area contributed by atoms with E-state index in [2.05, 4.69) is 6.92 Å². The molecule has 4 heteroatoms. The van der Waals surface area contributed by atoms with Crippen LogP contribution in [0.15, 0.2) is 48.5 Å². The smallest absolute Gasteiger partial charge is 0.343 e. The maximum atomic E-state index is 12.3. The number of benzene rings is 2. The second-order valence-electron chi connectivity index (χ2n) is 9.19. The number of hydrogen-bond acceptors (Lipinski definition) is 4. The lowest BCUT2D eigenvalue weighted by molar-refractivity contribution is 0.0734. The zero-order valence-corrected chi connectivity index (χ0v) is 20.4. The number of hydrogen-bond donors (Lipinski definition) is 0. The molecule has 0 saturated heterocycles. The molecule has 0 bridgehead atoms. The molecule has 1 fully saturated rings. The molecule has 0 aliphatic heterocycles. The highest BCUT2D eigenvalue weighted by atomic mass is 16.5. The summed E-state index contributed by atoms with van der Waals surface area (Å²) in [5, 5.41) is 0. The summed E-state index contributed by atoms with van der Waals surface area (Å²) in [7, 11) is 0. The first kappa shape index (κ1) is 25.1. The maximum Gasteiger partial charge on any atom is 0.343 e. The summed E-state index contributed by atoms with van der Waals surface area (Å²) in [5.74, 6) is 3.54. The minimum absolute atomic E-state index is 0.383. The monoisotopic (exact) mass is 452 g/mol. The van der Waals surface area contributed by atoms with Gasteiger partial charge in [0.05, 0.1) is 18.8 Å². The van der Waals surface area contributed by atoms with E-state index in [9.17, 15) is 4.79 Å². The third-order valence-electron chi connectivity index (χ3n) is 6.64. The third-order valence-corrected chi connectivity index (χ3v) is 6.64. The fourth-order valence-corrected chi connectivity index (χ4v) is 4.68. The van der Waals surface area contributed by atoms with Crippen LogP contribution in [0.1, 0.15) is 88.4 Å². The van der Waals surface area contributed by atoms with E-state index in [1.165, 1.54) is 57.8 Å². The molecule has 0 aromatic heterocycles. The topological polar surface area (TPSA) is 44.8 Å². The van der Waals surface area contributed by atoms with Gasteiger partial charge in [0, 0.05) is 0 Å². The fraction of sp³-hybridized carbons (Fsp3) is 0.552. The summed E-state index contributed by atoms with van der Waals surface area (Å²) < 4.78 is 16.8. The van der Waals surface area contributed by atoms with Gasteiger partial charge in [-0.25, -0.2) is 4.79 Å². The summed E-state index contributed by atoms with van der Waals surface area (Å²) in [4.78, 5) is 12.3. The van der Waals surface area contributed by atoms with Gasteiger partial charge in [0.25, 0.3) is 0 Å². The number of ether oxygens (including phenoxy) is 3. The predicted molar refractivity (Wildman–Crippen MR) is 133 cm³/mol. The van der Waals surface area contributed by atoms with Crippen LogP contribution in [0.25, 0.3) is 0 Å². The standard InChI is InChI=1S/C29H40O4/c1-3-5-6-8-23-10-12-24(13-11-23)9-7-22-32-27-18-20-28(21-19-27)33-29(30)25-14-16-26(17-15-25)31-4-2/h14-21,23-24H,3-13,22H2,1-2H3. The molecule has 4 nitrogen and oxygen atoms in total. The molecule has 0 N–H and O–H groups in total. The Hall–Kier alpha value is -2.49. The highest BCUT2D eigenvalue weighted by molar-refractivity contribution is 5.91. The van der Waals surface area contributed by atoms with Crippen LogP contribution in [-0.2, 0) is 0 Å². The highest BCUT2D eigenvalue weighted by Crippen LogP contribution is 2.34. The number of carbonyl (C=O) groups is 1. The van der Waals surface area contributed by atoms with Crippen molar-refractivity contribution in [3.63, 3.8) is 0 Å². The summed E-state index contributed by atoms with van der Waals surface area (Å²) in [6.07, 6.45) is 13.6. The third kappa shape index (κ3) is 8.75. The van der Waals surface area contributed by atoms with Crippen LogP contribution in [0.3, 0.4) is 0 Å². The lowest BCUT2D eigenvalue weighted by atomic mass is 9.78. The Morgan fingerprint density at radius 1 is 0.727 bits per heavy atom. The number of rotatable bonds is 13. The van der Waals surface area contributed by atoms with Gasteiger partial charge in [-0.05, 0) is 80.1 Å². The van der Waals surface area contributed by atoms with Crippen LogP contribution in [0.2, 0.25) is 0 Å². The van der Waals surface area contributed by atoms with Crippen LogP contribution < -0.4 is 14.2 Å². The van der Waals surface area contributed by atoms with Gasteiger partial charge in [-0.1, -0.05) is 58.3 Å². The molecule has 0 radical (unpaired) electrons. The Balaban J connectivity index is 1.32.